The number of nitrogens with one attached hydrogen (secondary N) is 1. The van der Waals surface area contributed by atoms with Gasteiger partial charge in [-0.2, -0.15) is 0 Å². The lowest BCUT2D eigenvalue weighted by molar-refractivity contribution is -0.116. The fourth-order valence-electron chi connectivity index (χ4n) is 3.78. The summed E-state index contributed by atoms with van der Waals surface area (Å²) in [6, 6.07) is 17.6. The van der Waals surface area contributed by atoms with Gasteiger partial charge in [0.1, 0.15) is 0 Å². The zero-order valence-corrected chi connectivity index (χ0v) is 16.7. The fourth-order valence-corrected chi connectivity index (χ4v) is 3.78. The molecule has 1 amide bonds. The highest BCUT2D eigenvalue weighted by Crippen LogP contribution is 2.29. The topological polar surface area (TPSA) is 49.4 Å². The van der Waals surface area contributed by atoms with Gasteiger partial charge in [0.2, 0.25) is 5.91 Å². The number of benzene rings is 2. The largest absolute Gasteiger partial charge is 0.326 e. The van der Waals surface area contributed by atoms with Gasteiger partial charge in [-0.1, -0.05) is 42.5 Å². The molecule has 4 nitrogen and oxygen atoms in total. The van der Waals surface area contributed by atoms with Crippen LogP contribution in [0.5, 0.6) is 0 Å². The number of likely N-dealkylation sites (tertiary alicyclic amines) is 1. The molecule has 0 saturated carbocycles. The summed E-state index contributed by atoms with van der Waals surface area (Å²) in [6.45, 7) is 2.26. The predicted octanol–water partition coefficient (Wildman–Crippen LogP) is 4.88. The van der Waals surface area contributed by atoms with E-state index in [0.29, 0.717) is 18.8 Å². The Morgan fingerprint density at radius 1 is 0.964 bits per heavy atom. The van der Waals surface area contributed by atoms with Crippen LogP contribution in [0.1, 0.15) is 60.4 Å². The Hall–Kier alpha value is -2.46. The fraction of sp³-hybridized carbons (Fsp3) is 0.417. The highest BCUT2D eigenvalue weighted by molar-refractivity contribution is 5.96. The molecule has 1 aliphatic heterocycles. The molecule has 0 bridgehead atoms. The minimum Gasteiger partial charge on any atom is -0.326 e. The Morgan fingerprint density at radius 3 is 2.43 bits per heavy atom. The molecule has 1 saturated heterocycles. The van der Waals surface area contributed by atoms with Crippen LogP contribution in [0.4, 0.5) is 5.69 Å². The van der Waals surface area contributed by atoms with Crippen molar-refractivity contribution < 1.29 is 9.59 Å². The average Bonchev–Trinajstić information content (AvgIpc) is 2.72. The molecule has 0 radical (unpaired) electrons. The Bertz CT molecular complexity index is 780. The van der Waals surface area contributed by atoms with Crippen molar-refractivity contribution >= 4 is 17.4 Å². The third kappa shape index (κ3) is 6.03. The number of Topliss-reactive ketones (excluding diaryl/α,β-unsaturated/α-hetero) is 1. The van der Waals surface area contributed by atoms with Gasteiger partial charge in [0.05, 0.1) is 0 Å². The van der Waals surface area contributed by atoms with Gasteiger partial charge >= 0.3 is 0 Å². The summed E-state index contributed by atoms with van der Waals surface area (Å²) in [5.41, 5.74) is 2.94. The van der Waals surface area contributed by atoms with Gasteiger partial charge in [-0.15, -0.1) is 0 Å². The van der Waals surface area contributed by atoms with Crippen LogP contribution in [0.15, 0.2) is 54.6 Å². The lowest BCUT2D eigenvalue weighted by Crippen LogP contribution is -2.29. The van der Waals surface area contributed by atoms with Crippen LogP contribution in [-0.2, 0) is 4.79 Å². The van der Waals surface area contributed by atoms with Crippen molar-refractivity contribution in [2.75, 3.05) is 25.5 Å². The average molecular weight is 379 g/mol. The molecule has 0 spiro atoms. The van der Waals surface area contributed by atoms with Gasteiger partial charge in [0, 0.05) is 24.1 Å². The Balaban J connectivity index is 1.41. The van der Waals surface area contributed by atoms with E-state index < -0.39 is 0 Å². The zero-order chi connectivity index (χ0) is 19.8. The van der Waals surface area contributed by atoms with Crippen LogP contribution >= 0.6 is 0 Å². The molecule has 28 heavy (non-hydrogen) atoms. The molecule has 0 aromatic heterocycles. The minimum absolute atomic E-state index is 0.0210. The van der Waals surface area contributed by atoms with E-state index in [0.717, 1.165) is 37.2 Å². The minimum atomic E-state index is 0.0210. The first-order chi connectivity index (χ1) is 13.6. The van der Waals surface area contributed by atoms with Crippen LogP contribution in [0.25, 0.3) is 0 Å². The summed E-state index contributed by atoms with van der Waals surface area (Å²) in [4.78, 5) is 26.7. The van der Waals surface area contributed by atoms with Crippen LogP contribution < -0.4 is 5.32 Å². The molecular weight excluding hydrogens is 348 g/mol. The summed E-state index contributed by atoms with van der Waals surface area (Å²) >= 11 is 0. The van der Waals surface area contributed by atoms with E-state index in [2.05, 4.69) is 29.4 Å². The second-order valence-electron chi connectivity index (χ2n) is 7.75. The monoisotopic (exact) mass is 378 g/mol. The molecule has 1 aliphatic rings. The van der Waals surface area contributed by atoms with Crippen LogP contribution in [0.3, 0.4) is 0 Å². The van der Waals surface area contributed by atoms with E-state index in [4.69, 9.17) is 0 Å². The van der Waals surface area contributed by atoms with Gasteiger partial charge in [-0.05, 0) is 69.4 Å². The molecule has 4 heteroatoms. The number of ketones is 1. The van der Waals surface area contributed by atoms with E-state index in [1.54, 1.807) is 0 Å². The number of rotatable bonds is 8. The number of hydrogen-bond acceptors (Lipinski definition) is 3. The number of amides is 1. The van der Waals surface area contributed by atoms with Gasteiger partial charge in [0.25, 0.3) is 0 Å². The molecule has 3 rings (SSSR count). The smallest absolute Gasteiger partial charge is 0.224 e. The lowest BCUT2D eigenvalue weighted by atomic mass is 9.89. The number of carbonyl (C=O) groups excluding carboxylic acids is 2. The quantitative estimate of drug-likeness (QED) is 0.526. The van der Waals surface area contributed by atoms with Gasteiger partial charge < -0.3 is 10.2 Å². The van der Waals surface area contributed by atoms with Gasteiger partial charge in [-0.3, -0.25) is 9.59 Å². The number of unbranched alkanes of at least 4 members (excludes halogenated alkanes) is 1. The second-order valence-corrected chi connectivity index (χ2v) is 7.75. The maximum atomic E-state index is 12.3. The Morgan fingerprint density at radius 2 is 1.68 bits per heavy atom. The first-order valence-corrected chi connectivity index (χ1v) is 10.3. The van der Waals surface area contributed by atoms with Gasteiger partial charge in [0.15, 0.2) is 5.78 Å². The van der Waals surface area contributed by atoms with Crippen LogP contribution in [0, 0.1) is 0 Å². The molecule has 2 aromatic carbocycles. The molecule has 0 aliphatic carbocycles. The van der Waals surface area contributed by atoms with Crippen molar-refractivity contribution in [3.8, 4) is 0 Å². The van der Waals surface area contributed by atoms with Gasteiger partial charge in [-0.25, -0.2) is 0 Å². The summed E-state index contributed by atoms with van der Waals surface area (Å²) in [5.74, 6) is 0.747. The van der Waals surface area contributed by atoms with E-state index in [-0.39, 0.29) is 11.7 Å². The van der Waals surface area contributed by atoms with E-state index in [9.17, 15) is 9.59 Å². The number of hydrogen-bond donors (Lipinski definition) is 1. The van der Waals surface area contributed by atoms with Crippen molar-refractivity contribution in [3.63, 3.8) is 0 Å². The van der Waals surface area contributed by atoms with Crippen molar-refractivity contribution in [2.45, 2.75) is 44.4 Å². The van der Waals surface area contributed by atoms with Crippen molar-refractivity contribution in [3.05, 3.63) is 65.7 Å². The maximum absolute atomic E-state index is 12.3. The Labute approximate surface area is 167 Å². The van der Waals surface area contributed by atoms with Crippen molar-refractivity contribution in [2.24, 2.45) is 0 Å². The van der Waals surface area contributed by atoms with E-state index >= 15 is 0 Å². The Kier molecular flexibility index (Phi) is 7.38. The first-order valence-electron chi connectivity index (χ1n) is 10.3. The second kappa shape index (κ2) is 10.2. The standard InChI is InChI=1S/C24H30N2O2/c1-26-16-14-19(15-17-26)21-10-7-11-22(18-21)25-24(28)13-6-5-12-23(27)20-8-3-2-4-9-20/h2-4,7-11,18-19H,5-6,12-17H2,1H3,(H,25,28). The molecule has 0 unspecified atom stereocenters. The lowest BCUT2D eigenvalue weighted by Gasteiger charge is -2.29. The normalized spacial score (nSPS) is 15.3. The van der Waals surface area contributed by atoms with Crippen LogP contribution in [0.2, 0.25) is 0 Å². The molecule has 148 valence electrons. The maximum Gasteiger partial charge on any atom is 0.224 e. The number of anilines is 1. The van der Waals surface area contributed by atoms with Crippen molar-refractivity contribution in [1.29, 1.82) is 0 Å². The highest BCUT2D eigenvalue weighted by Gasteiger charge is 2.18. The summed E-state index contributed by atoms with van der Waals surface area (Å²) in [7, 11) is 2.17. The first kappa shape index (κ1) is 20.3. The van der Waals surface area contributed by atoms with E-state index in [1.165, 1.54) is 18.4 Å². The third-order valence-corrected chi connectivity index (χ3v) is 5.51. The predicted molar refractivity (Wildman–Crippen MR) is 114 cm³/mol. The molecule has 1 heterocycles. The number of carbonyl (C=O) groups is 2. The number of nitrogens with zero attached hydrogens (tertiary/aromatic N) is 1. The van der Waals surface area contributed by atoms with Crippen molar-refractivity contribution in [1.82, 2.24) is 4.90 Å². The third-order valence-electron chi connectivity index (χ3n) is 5.51. The van der Waals surface area contributed by atoms with E-state index in [1.807, 2.05) is 42.5 Å². The zero-order valence-electron chi connectivity index (χ0n) is 16.7. The number of piperidine rings is 1. The molecule has 1 fully saturated rings. The SMILES string of the molecule is CN1CCC(c2cccc(NC(=O)CCCCC(=O)c3ccccc3)c2)CC1. The highest BCUT2D eigenvalue weighted by atomic mass is 16.1. The molecular formula is C24H30N2O2. The molecule has 2 aromatic rings. The summed E-state index contributed by atoms with van der Waals surface area (Å²) in [5, 5.41) is 3.02. The molecule has 1 N–H and O–H groups in total. The molecule has 0 atom stereocenters. The van der Waals surface area contributed by atoms with Crippen LogP contribution in [-0.4, -0.2) is 36.7 Å². The summed E-state index contributed by atoms with van der Waals surface area (Å²) in [6.07, 6.45) is 4.73. The summed E-state index contributed by atoms with van der Waals surface area (Å²) < 4.78 is 0.